The zero-order valence-corrected chi connectivity index (χ0v) is 23.5. The van der Waals surface area contributed by atoms with E-state index in [1.807, 2.05) is 0 Å². The van der Waals surface area contributed by atoms with E-state index in [2.05, 4.69) is 150 Å². The Morgan fingerprint density at radius 1 is 0.568 bits per heavy atom. The summed E-state index contributed by atoms with van der Waals surface area (Å²) in [6.45, 7) is 13.9. The third kappa shape index (κ3) is 6.72. The second-order valence-electron chi connectivity index (χ2n) is 11.4. The first-order chi connectivity index (χ1) is 17.8. The SMILES string of the molecule is CCC(C)CC(C)(C)c1ccc(Nc2ccc(C(C)c3ccc(C(C)c4ccccc4)cc3)cc2)cc1. The first-order valence-corrected chi connectivity index (χ1v) is 13.9. The minimum atomic E-state index is 0.198. The van der Waals surface area contributed by atoms with Gasteiger partial charge in [0.25, 0.3) is 0 Å². The summed E-state index contributed by atoms with van der Waals surface area (Å²) in [5.41, 5.74) is 9.25. The highest BCUT2D eigenvalue weighted by atomic mass is 14.9. The van der Waals surface area contributed by atoms with Crippen LogP contribution < -0.4 is 5.32 Å². The molecule has 0 aliphatic carbocycles. The number of hydrogen-bond donors (Lipinski definition) is 1. The Kier molecular flexibility index (Phi) is 8.54. The second kappa shape index (κ2) is 11.8. The van der Waals surface area contributed by atoms with Crippen molar-refractivity contribution in [3.63, 3.8) is 0 Å². The van der Waals surface area contributed by atoms with Gasteiger partial charge in [0.15, 0.2) is 0 Å². The van der Waals surface area contributed by atoms with Crippen molar-refractivity contribution in [3.05, 3.63) is 131 Å². The van der Waals surface area contributed by atoms with Gasteiger partial charge in [-0.1, -0.05) is 127 Å². The Bertz CT molecular complexity index is 1240. The predicted molar refractivity (Wildman–Crippen MR) is 161 cm³/mol. The van der Waals surface area contributed by atoms with Crippen molar-refractivity contribution in [3.8, 4) is 0 Å². The Hall–Kier alpha value is -3.32. The Morgan fingerprint density at radius 3 is 1.43 bits per heavy atom. The maximum absolute atomic E-state index is 3.58. The van der Waals surface area contributed by atoms with E-state index in [0.29, 0.717) is 11.8 Å². The molecule has 37 heavy (non-hydrogen) atoms. The molecule has 0 aliphatic rings. The van der Waals surface area contributed by atoms with Gasteiger partial charge in [-0.05, 0) is 69.8 Å². The lowest BCUT2D eigenvalue weighted by atomic mass is 9.77. The summed E-state index contributed by atoms with van der Waals surface area (Å²) in [5, 5.41) is 3.58. The highest BCUT2D eigenvalue weighted by Gasteiger charge is 2.22. The molecule has 4 aromatic carbocycles. The lowest BCUT2D eigenvalue weighted by molar-refractivity contribution is 0.372. The largest absolute Gasteiger partial charge is 0.356 e. The fourth-order valence-electron chi connectivity index (χ4n) is 5.36. The zero-order chi connectivity index (χ0) is 26.4. The first kappa shape index (κ1) is 26.7. The van der Waals surface area contributed by atoms with Crippen LogP contribution in [0.5, 0.6) is 0 Å². The number of benzene rings is 4. The van der Waals surface area contributed by atoms with Crippen molar-refractivity contribution in [2.45, 2.75) is 71.6 Å². The molecule has 1 nitrogen and oxygen atoms in total. The van der Waals surface area contributed by atoms with E-state index in [4.69, 9.17) is 0 Å². The van der Waals surface area contributed by atoms with Crippen LogP contribution in [-0.4, -0.2) is 0 Å². The smallest absolute Gasteiger partial charge is 0.0384 e. The summed E-state index contributed by atoms with van der Waals surface area (Å²) >= 11 is 0. The molecule has 192 valence electrons. The monoisotopic (exact) mass is 489 g/mol. The van der Waals surface area contributed by atoms with E-state index < -0.39 is 0 Å². The lowest BCUT2D eigenvalue weighted by Gasteiger charge is -2.28. The first-order valence-electron chi connectivity index (χ1n) is 13.9. The fraction of sp³-hybridized carbons (Fsp3) is 0.333. The molecule has 0 aromatic heterocycles. The Balaban J connectivity index is 1.39. The van der Waals surface area contributed by atoms with Gasteiger partial charge >= 0.3 is 0 Å². The molecule has 0 spiro atoms. The van der Waals surface area contributed by atoms with E-state index in [-0.39, 0.29) is 5.41 Å². The van der Waals surface area contributed by atoms with Crippen molar-refractivity contribution in [2.24, 2.45) is 5.92 Å². The van der Waals surface area contributed by atoms with Gasteiger partial charge in [0.05, 0.1) is 0 Å². The molecule has 0 aliphatic heterocycles. The van der Waals surface area contributed by atoms with Crippen LogP contribution in [0.25, 0.3) is 0 Å². The average Bonchev–Trinajstić information content (AvgIpc) is 2.93. The van der Waals surface area contributed by atoms with Crippen molar-refractivity contribution < 1.29 is 0 Å². The molecule has 0 saturated carbocycles. The predicted octanol–water partition coefficient (Wildman–Crippen LogP) is 10.4. The lowest BCUT2D eigenvalue weighted by Crippen LogP contribution is -2.20. The third-order valence-electron chi connectivity index (χ3n) is 8.16. The van der Waals surface area contributed by atoms with Crippen LogP contribution in [0.4, 0.5) is 11.4 Å². The van der Waals surface area contributed by atoms with Crippen molar-refractivity contribution in [1.29, 1.82) is 0 Å². The molecule has 0 fully saturated rings. The van der Waals surface area contributed by atoms with Gasteiger partial charge in [-0.25, -0.2) is 0 Å². The zero-order valence-electron chi connectivity index (χ0n) is 23.5. The van der Waals surface area contributed by atoms with Crippen LogP contribution in [0.15, 0.2) is 103 Å². The topological polar surface area (TPSA) is 12.0 Å². The highest BCUT2D eigenvalue weighted by molar-refractivity contribution is 5.60. The van der Waals surface area contributed by atoms with Crippen LogP contribution in [0, 0.1) is 5.92 Å². The van der Waals surface area contributed by atoms with Crippen LogP contribution >= 0.6 is 0 Å². The fourth-order valence-corrected chi connectivity index (χ4v) is 5.36. The molecule has 0 bridgehead atoms. The van der Waals surface area contributed by atoms with Crippen LogP contribution in [0.3, 0.4) is 0 Å². The van der Waals surface area contributed by atoms with E-state index in [9.17, 15) is 0 Å². The molecular weight excluding hydrogens is 446 g/mol. The van der Waals surface area contributed by atoms with Gasteiger partial charge in [0.1, 0.15) is 0 Å². The quantitative estimate of drug-likeness (QED) is 0.233. The molecule has 0 heterocycles. The van der Waals surface area contributed by atoms with Gasteiger partial charge in [0, 0.05) is 23.2 Å². The maximum atomic E-state index is 3.58. The normalized spacial score (nSPS) is 14.1. The van der Waals surface area contributed by atoms with E-state index in [1.165, 1.54) is 40.7 Å². The standard InChI is InChI=1S/C36H43N/c1-7-26(2)25-36(5,6)33-19-23-35(24-20-33)37-34-21-17-32(18-22-34)28(4)31-15-13-30(14-16-31)27(3)29-11-9-8-10-12-29/h8-24,26-28,37H,7,25H2,1-6H3. The second-order valence-corrected chi connectivity index (χ2v) is 11.4. The summed E-state index contributed by atoms with van der Waals surface area (Å²) in [7, 11) is 0. The van der Waals surface area contributed by atoms with Crippen LogP contribution in [0.2, 0.25) is 0 Å². The molecule has 4 rings (SSSR count). The summed E-state index contributed by atoms with van der Waals surface area (Å²) < 4.78 is 0. The van der Waals surface area contributed by atoms with E-state index in [1.54, 1.807) is 0 Å². The molecule has 0 saturated heterocycles. The number of hydrogen-bond acceptors (Lipinski definition) is 1. The average molecular weight is 490 g/mol. The molecule has 1 N–H and O–H groups in total. The van der Waals surface area contributed by atoms with Crippen molar-refractivity contribution in [1.82, 2.24) is 0 Å². The number of nitrogens with one attached hydrogen (secondary N) is 1. The van der Waals surface area contributed by atoms with Gasteiger partial charge in [0.2, 0.25) is 0 Å². The molecule has 3 atom stereocenters. The van der Waals surface area contributed by atoms with Crippen LogP contribution in [-0.2, 0) is 5.41 Å². The summed E-state index contributed by atoms with van der Waals surface area (Å²) in [6.07, 6.45) is 2.45. The minimum absolute atomic E-state index is 0.198. The highest BCUT2D eigenvalue weighted by Crippen LogP contribution is 2.33. The molecule has 4 aromatic rings. The molecule has 0 amide bonds. The number of rotatable bonds is 10. The van der Waals surface area contributed by atoms with Gasteiger partial charge in [-0.15, -0.1) is 0 Å². The van der Waals surface area contributed by atoms with E-state index in [0.717, 1.165) is 17.3 Å². The Morgan fingerprint density at radius 2 is 0.973 bits per heavy atom. The van der Waals surface area contributed by atoms with Crippen molar-refractivity contribution >= 4 is 11.4 Å². The number of anilines is 2. The van der Waals surface area contributed by atoms with Crippen molar-refractivity contribution in [2.75, 3.05) is 5.32 Å². The summed E-state index contributed by atoms with van der Waals surface area (Å²) in [5.74, 6) is 1.49. The van der Waals surface area contributed by atoms with E-state index >= 15 is 0 Å². The minimum Gasteiger partial charge on any atom is -0.356 e. The van der Waals surface area contributed by atoms with Gasteiger partial charge < -0.3 is 5.32 Å². The Labute approximate surface area is 225 Å². The molecular formula is C36H43N. The maximum Gasteiger partial charge on any atom is 0.0384 e. The molecule has 3 unspecified atom stereocenters. The third-order valence-corrected chi connectivity index (χ3v) is 8.16. The molecule has 0 radical (unpaired) electrons. The molecule has 1 heteroatoms. The summed E-state index contributed by atoms with van der Waals surface area (Å²) in [6, 6.07) is 37.7. The van der Waals surface area contributed by atoms with Crippen LogP contribution in [0.1, 0.15) is 94.0 Å². The summed E-state index contributed by atoms with van der Waals surface area (Å²) in [4.78, 5) is 0. The van der Waals surface area contributed by atoms with Gasteiger partial charge in [-0.3, -0.25) is 0 Å². The van der Waals surface area contributed by atoms with Gasteiger partial charge in [-0.2, -0.15) is 0 Å².